The summed E-state index contributed by atoms with van der Waals surface area (Å²) in [7, 11) is -3.74. The van der Waals surface area contributed by atoms with Crippen molar-refractivity contribution in [3.05, 3.63) is 64.1 Å². The quantitative estimate of drug-likeness (QED) is 0.500. The average molecular weight is 539 g/mol. The van der Waals surface area contributed by atoms with E-state index in [1.165, 1.54) is 4.90 Å². The van der Waals surface area contributed by atoms with Crippen LogP contribution >= 0.6 is 15.9 Å². The van der Waals surface area contributed by atoms with E-state index in [9.17, 15) is 18.0 Å². The number of benzene rings is 2. The molecule has 0 aromatic heterocycles. The van der Waals surface area contributed by atoms with Crippen LogP contribution in [0, 0.1) is 12.8 Å². The minimum Gasteiger partial charge on any atom is -0.354 e. The third kappa shape index (κ3) is 7.85. The van der Waals surface area contributed by atoms with Gasteiger partial charge in [-0.1, -0.05) is 60.1 Å². The highest BCUT2D eigenvalue weighted by Crippen LogP contribution is 2.23. The summed E-state index contributed by atoms with van der Waals surface area (Å²) in [5.74, 6) is -0.478. The van der Waals surface area contributed by atoms with E-state index in [1.807, 2.05) is 44.2 Å². The third-order valence-corrected chi connectivity index (χ3v) is 6.84. The van der Waals surface area contributed by atoms with Gasteiger partial charge in [0.05, 0.1) is 11.9 Å². The Bertz CT molecular complexity index is 1070. The van der Waals surface area contributed by atoms with Crippen LogP contribution in [0.25, 0.3) is 0 Å². The third-order valence-electron chi connectivity index (χ3n) is 5.18. The van der Waals surface area contributed by atoms with Gasteiger partial charge in [-0.05, 0) is 49.1 Å². The number of nitrogens with one attached hydrogen (secondary N) is 1. The molecule has 2 aromatic carbocycles. The number of halogens is 1. The lowest BCUT2D eigenvalue weighted by Gasteiger charge is -2.32. The van der Waals surface area contributed by atoms with Crippen molar-refractivity contribution in [1.82, 2.24) is 10.2 Å². The van der Waals surface area contributed by atoms with E-state index in [-0.39, 0.29) is 18.4 Å². The SMILES string of the molecule is Cc1ccccc1N(CC(=O)N(Cc1ccc(Br)cc1)C(C)C(=O)NCC(C)C)S(C)(=O)=O. The summed E-state index contributed by atoms with van der Waals surface area (Å²) in [6.45, 7) is 7.69. The first-order valence-corrected chi connectivity index (χ1v) is 13.4. The lowest BCUT2D eigenvalue weighted by molar-refractivity contribution is -0.139. The Morgan fingerprint density at radius 2 is 1.64 bits per heavy atom. The fraction of sp³-hybridized carbons (Fsp3) is 0.417. The number of sulfonamides is 1. The average Bonchev–Trinajstić information content (AvgIpc) is 2.74. The van der Waals surface area contributed by atoms with Gasteiger partial charge in [-0.3, -0.25) is 13.9 Å². The zero-order valence-corrected chi connectivity index (χ0v) is 22.1. The lowest BCUT2D eigenvalue weighted by Crippen LogP contribution is -2.51. The molecule has 0 aliphatic heterocycles. The Morgan fingerprint density at radius 3 is 2.18 bits per heavy atom. The Labute approximate surface area is 205 Å². The van der Waals surface area contributed by atoms with E-state index in [2.05, 4.69) is 21.2 Å². The van der Waals surface area contributed by atoms with Crippen LogP contribution in [-0.4, -0.2) is 50.5 Å². The van der Waals surface area contributed by atoms with Crippen molar-refractivity contribution >= 4 is 43.5 Å². The lowest BCUT2D eigenvalue weighted by atomic mass is 10.1. The maximum absolute atomic E-state index is 13.5. The molecule has 0 radical (unpaired) electrons. The fourth-order valence-corrected chi connectivity index (χ4v) is 4.43. The van der Waals surface area contributed by atoms with Crippen molar-refractivity contribution in [1.29, 1.82) is 0 Å². The molecule has 0 aliphatic rings. The van der Waals surface area contributed by atoms with Gasteiger partial charge >= 0.3 is 0 Å². The number of rotatable bonds is 10. The highest BCUT2D eigenvalue weighted by Gasteiger charge is 2.30. The fourth-order valence-electron chi connectivity index (χ4n) is 3.26. The molecule has 2 rings (SSSR count). The second-order valence-electron chi connectivity index (χ2n) is 8.52. The van der Waals surface area contributed by atoms with E-state index >= 15 is 0 Å². The summed E-state index contributed by atoms with van der Waals surface area (Å²) < 4.78 is 27.2. The van der Waals surface area contributed by atoms with Crippen molar-refractivity contribution < 1.29 is 18.0 Å². The second kappa shape index (κ2) is 11.7. The maximum Gasteiger partial charge on any atom is 0.244 e. The van der Waals surface area contributed by atoms with Gasteiger partial charge in [-0.15, -0.1) is 0 Å². The van der Waals surface area contributed by atoms with E-state index in [0.29, 0.717) is 12.2 Å². The molecule has 1 N–H and O–H groups in total. The Balaban J connectivity index is 2.36. The van der Waals surface area contributed by atoms with Crippen molar-refractivity contribution in [2.75, 3.05) is 23.7 Å². The number of para-hydroxylation sites is 1. The molecule has 33 heavy (non-hydrogen) atoms. The number of aryl methyl sites for hydroxylation is 1. The number of anilines is 1. The summed E-state index contributed by atoms with van der Waals surface area (Å²) in [5, 5.41) is 2.86. The maximum atomic E-state index is 13.5. The normalized spacial score (nSPS) is 12.3. The minimum absolute atomic E-state index is 0.174. The molecule has 9 heteroatoms. The van der Waals surface area contributed by atoms with Crippen molar-refractivity contribution in [3.8, 4) is 0 Å². The first-order chi connectivity index (χ1) is 15.4. The summed E-state index contributed by atoms with van der Waals surface area (Å²) in [5.41, 5.74) is 2.00. The number of hydrogen-bond donors (Lipinski definition) is 1. The van der Waals surface area contributed by atoms with E-state index in [0.717, 1.165) is 26.2 Å². The Morgan fingerprint density at radius 1 is 1.03 bits per heavy atom. The molecule has 0 bridgehead atoms. The monoisotopic (exact) mass is 537 g/mol. The highest BCUT2D eigenvalue weighted by atomic mass is 79.9. The molecule has 0 spiro atoms. The van der Waals surface area contributed by atoms with Crippen LogP contribution in [0.4, 0.5) is 5.69 Å². The van der Waals surface area contributed by atoms with Crippen molar-refractivity contribution in [3.63, 3.8) is 0 Å². The van der Waals surface area contributed by atoms with Crippen molar-refractivity contribution in [2.45, 2.75) is 40.3 Å². The van der Waals surface area contributed by atoms with Gasteiger partial charge < -0.3 is 10.2 Å². The molecule has 2 amide bonds. The standard InChI is InChI=1S/C24H32BrN3O4S/c1-17(2)14-26-24(30)19(4)27(15-20-10-12-21(25)13-11-20)23(29)16-28(33(5,31)32)22-9-7-6-8-18(22)3/h6-13,17,19H,14-16H2,1-5H3,(H,26,30). The number of carbonyl (C=O) groups excluding carboxylic acids is 2. The number of nitrogens with zero attached hydrogens (tertiary/aromatic N) is 2. The summed E-state index contributed by atoms with van der Waals surface area (Å²) in [4.78, 5) is 27.7. The smallest absolute Gasteiger partial charge is 0.244 e. The van der Waals surface area contributed by atoms with E-state index in [1.54, 1.807) is 32.0 Å². The number of carbonyl (C=O) groups is 2. The van der Waals surface area contributed by atoms with Crippen LogP contribution in [-0.2, 0) is 26.2 Å². The van der Waals surface area contributed by atoms with Crippen LogP contribution in [0.15, 0.2) is 53.0 Å². The molecule has 0 fully saturated rings. The van der Waals surface area contributed by atoms with Crippen LogP contribution in [0.2, 0.25) is 0 Å². The van der Waals surface area contributed by atoms with Gasteiger partial charge in [0.1, 0.15) is 12.6 Å². The molecule has 2 aromatic rings. The van der Waals surface area contributed by atoms with Gasteiger partial charge in [0.2, 0.25) is 21.8 Å². The zero-order valence-electron chi connectivity index (χ0n) is 19.7. The van der Waals surface area contributed by atoms with E-state index < -0.39 is 28.5 Å². The van der Waals surface area contributed by atoms with E-state index in [4.69, 9.17) is 0 Å². The second-order valence-corrected chi connectivity index (χ2v) is 11.3. The van der Waals surface area contributed by atoms with Gasteiger partial charge in [0.25, 0.3) is 0 Å². The van der Waals surface area contributed by atoms with Crippen molar-refractivity contribution in [2.24, 2.45) is 5.92 Å². The molecule has 1 unspecified atom stereocenters. The van der Waals surface area contributed by atoms with Gasteiger partial charge in [0, 0.05) is 17.6 Å². The summed E-state index contributed by atoms with van der Waals surface area (Å²) in [6.07, 6.45) is 1.07. The minimum atomic E-state index is -3.74. The van der Waals surface area contributed by atoms with Gasteiger partial charge in [-0.25, -0.2) is 8.42 Å². The molecule has 180 valence electrons. The topological polar surface area (TPSA) is 86.8 Å². The Hall–Kier alpha value is -2.39. The molecule has 0 aliphatic carbocycles. The molecule has 7 nitrogen and oxygen atoms in total. The van der Waals surface area contributed by atoms with Crippen LogP contribution in [0.3, 0.4) is 0 Å². The largest absolute Gasteiger partial charge is 0.354 e. The Kier molecular flexibility index (Phi) is 9.48. The first kappa shape index (κ1) is 26.9. The highest BCUT2D eigenvalue weighted by molar-refractivity contribution is 9.10. The predicted octanol–water partition coefficient (Wildman–Crippen LogP) is 3.71. The zero-order chi connectivity index (χ0) is 24.8. The van der Waals surface area contributed by atoms with Crippen LogP contribution in [0.1, 0.15) is 31.9 Å². The number of hydrogen-bond acceptors (Lipinski definition) is 4. The molecular formula is C24H32BrN3O4S. The molecule has 1 atom stereocenters. The summed E-state index contributed by atoms with van der Waals surface area (Å²) in [6, 6.07) is 13.7. The summed E-state index contributed by atoms with van der Waals surface area (Å²) >= 11 is 3.40. The van der Waals surface area contributed by atoms with Gasteiger partial charge in [-0.2, -0.15) is 0 Å². The molecule has 0 heterocycles. The van der Waals surface area contributed by atoms with Crippen LogP contribution in [0.5, 0.6) is 0 Å². The van der Waals surface area contributed by atoms with Gasteiger partial charge in [0.15, 0.2) is 0 Å². The first-order valence-electron chi connectivity index (χ1n) is 10.7. The predicted molar refractivity (Wildman–Crippen MR) is 135 cm³/mol. The molecular weight excluding hydrogens is 506 g/mol. The molecule has 0 saturated carbocycles. The van der Waals surface area contributed by atoms with Crippen LogP contribution < -0.4 is 9.62 Å². The molecule has 0 saturated heterocycles. The number of amides is 2.